The third-order valence-corrected chi connectivity index (χ3v) is 3.00. The van der Waals surface area contributed by atoms with Crippen molar-refractivity contribution in [1.82, 2.24) is 25.3 Å². The van der Waals surface area contributed by atoms with Crippen LogP contribution in [0.15, 0.2) is 36.4 Å². The van der Waals surface area contributed by atoms with E-state index in [-0.39, 0.29) is 5.75 Å². The van der Waals surface area contributed by atoms with Crippen LogP contribution in [-0.4, -0.2) is 38.7 Å². The van der Waals surface area contributed by atoms with Crippen LogP contribution in [0.5, 0.6) is 5.75 Å². The summed E-state index contributed by atoms with van der Waals surface area (Å²) in [6, 6.07) is 9.21. The monoisotopic (exact) mass is 324 g/mol. The van der Waals surface area contributed by atoms with E-state index in [2.05, 4.69) is 25.4 Å². The van der Waals surface area contributed by atoms with Gasteiger partial charge in [0, 0.05) is 13.6 Å². The highest BCUT2D eigenvalue weighted by Crippen LogP contribution is 2.24. The van der Waals surface area contributed by atoms with Gasteiger partial charge >= 0.3 is 6.36 Å². The van der Waals surface area contributed by atoms with Gasteiger partial charge in [-0.3, -0.25) is 0 Å². The van der Waals surface area contributed by atoms with E-state index in [9.17, 15) is 13.2 Å². The predicted molar refractivity (Wildman–Crippen MR) is 73.8 cm³/mol. The maximum Gasteiger partial charge on any atom is 0.573 e. The van der Waals surface area contributed by atoms with Crippen LogP contribution in [0.25, 0.3) is 5.65 Å². The molecular weight excluding hydrogens is 313 g/mol. The number of alkyl halides is 3. The van der Waals surface area contributed by atoms with Gasteiger partial charge in [0.15, 0.2) is 11.5 Å². The standard InChI is InChI=1S/C13H11F3N6O/c1-21(12-6-5-11-17-19-20-22(11)18-12)8-9-3-2-4-10(7-9)23-13(14,15)16/h2-7H,8H2,1H3. The number of hydrogen-bond donors (Lipinski definition) is 0. The molecule has 2 aromatic heterocycles. The van der Waals surface area contributed by atoms with Crippen LogP contribution < -0.4 is 9.64 Å². The lowest BCUT2D eigenvalue weighted by atomic mass is 10.2. The summed E-state index contributed by atoms with van der Waals surface area (Å²) >= 11 is 0. The number of rotatable bonds is 4. The van der Waals surface area contributed by atoms with Crippen molar-refractivity contribution in [2.24, 2.45) is 0 Å². The smallest absolute Gasteiger partial charge is 0.406 e. The van der Waals surface area contributed by atoms with Gasteiger partial charge in [-0.25, -0.2) is 0 Å². The highest BCUT2D eigenvalue weighted by Gasteiger charge is 2.31. The summed E-state index contributed by atoms with van der Waals surface area (Å²) in [5.74, 6) is 0.319. The molecule has 0 unspecified atom stereocenters. The molecule has 0 spiro atoms. The summed E-state index contributed by atoms with van der Waals surface area (Å²) in [6.45, 7) is 0.343. The fourth-order valence-corrected chi connectivity index (χ4v) is 2.04. The van der Waals surface area contributed by atoms with Gasteiger partial charge in [-0.2, -0.15) is 0 Å². The number of ether oxygens (including phenoxy) is 1. The summed E-state index contributed by atoms with van der Waals surface area (Å²) in [7, 11) is 1.76. The molecule has 0 atom stereocenters. The van der Waals surface area contributed by atoms with Gasteiger partial charge in [-0.15, -0.1) is 28.0 Å². The molecule has 23 heavy (non-hydrogen) atoms. The Bertz CT molecular complexity index is 819. The minimum atomic E-state index is -4.71. The zero-order chi connectivity index (χ0) is 16.4. The van der Waals surface area contributed by atoms with Crippen molar-refractivity contribution in [2.45, 2.75) is 12.9 Å². The third kappa shape index (κ3) is 3.65. The van der Waals surface area contributed by atoms with Crippen molar-refractivity contribution in [3.05, 3.63) is 42.0 Å². The molecule has 0 saturated carbocycles. The number of hydrogen-bond acceptors (Lipinski definition) is 6. The molecule has 0 aliphatic carbocycles. The Morgan fingerprint density at radius 3 is 2.83 bits per heavy atom. The quantitative estimate of drug-likeness (QED) is 0.732. The van der Waals surface area contributed by atoms with Gasteiger partial charge in [0.1, 0.15) is 5.75 Å². The van der Waals surface area contributed by atoms with Crippen LogP contribution in [0.3, 0.4) is 0 Å². The molecule has 0 bridgehead atoms. The van der Waals surface area contributed by atoms with Gasteiger partial charge in [0.05, 0.1) is 0 Å². The van der Waals surface area contributed by atoms with E-state index < -0.39 is 6.36 Å². The Morgan fingerprint density at radius 2 is 2.04 bits per heavy atom. The highest BCUT2D eigenvalue weighted by molar-refractivity contribution is 5.44. The first-order chi connectivity index (χ1) is 10.9. The molecule has 120 valence electrons. The van der Waals surface area contributed by atoms with Gasteiger partial charge in [0.2, 0.25) is 0 Å². The van der Waals surface area contributed by atoms with Crippen LogP contribution in [0, 0.1) is 0 Å². The molecule has 3 aromatic rings. The van der Waals surface area contributed by atoms with E-state index in [4.69, 9.17) is 0 Å². The number of anilines is 1. The number of tetrazole rings is 1. The zero-order valence-electron chi connectivity index (χ0n) is 11.9. The van der Waals surface area contributed by atoms with Crippen molar-refractivity contribution >= 4 is 11.5 Å². The Hall–Kier alpha value is -2.91. The summed E-state index contributed by atoms with van der Waals surface area (Å²) < 4.78 is 41.9. The molecule has 3 rings (SSSR count). The van der Waals surface area contributed by atoms with E-state index in [1.807, 2.05) is 0 Å². The van der Waals surface area contributed by atoms with Gasteiger partial charge in [-0.1, -0.05) is 12.1 Å². The summed E-state index contributed by atoms with van der Waals surface area (Å²) in [5, 5.41) is 15.1. The molecule has 0 fully saturated rings. The fourth-order valence-electron chi connectivity index (χ4n) is 2.04. The van der Waals surface area contributed by atoms with Crippen LogP contribution in [-0.2, 0) is 6.54 Å². The molecule has 0 amide bonds. The van der Waals surface area contributed by atoms with E-state index in [0.717, 1.165) is 0 Å². The van der Waals surface area contributed by atoms with Gasteiger partial charge in [0.25, 0.3) is 0 Å². The molecule has 0 radical (unpaired) electrons. The predicted octanol–water partition coefficient (Wildman–Crippen LogP) is 2.05. The first-order valence-corrected chi connectivity index (χ1v) is 6.52. The van der Waals surface area contributed by atoms with E-state index >= 15 is 0 Å². The molecular formula is C13H11F3N6O. The molecule has 0 saturated heterocycles. The normalized spacial score (nSPS) is 11.7. The van der Waals surface area contributed by atoms with Gasteiger partial charge < -0.3 is 9.64 Å². The largest absolute Gasteiger partial charge is 0.573 e. The van der Waals surface area contributed by atoms with Crippen LogP contribution in [0.1, 0.15) is 5.56 Å². The molecule has 7 nitrogen and oxygen atoms in total. The summed E-state index contributed by atoms with van der Waals surface area (Å²) in [6.07, 6.45) is -4.71. The topological polar surface area (TPSA) is 68.4 Å². The average Bonchev–Trinajstić information content (AvgIpc) is 2.93. The number of nitrogens with zero attached hydrogens (tertiary/aromatic N) is 6. The van der Waals surface area contributed by atoms with Crippen molar-refractivity contribution in [3.63, 3.8) is 0 Å². The lowest BCUT2D eigenvalue weighted by molar-refractivity contribution is -0.274. The number of halogens is 3. The number of benzene rings is 1. The number of aromatic nitrogens is 5. The Balaban J connectivity index is 1.76. The van der Waals surface area contributed by atoms with E-state index in [0.29, 0.717) is 23.6 Å². The average molecular weight is 324 g/mol. The minimum absolute atomic E-state index is 0.257. The number of fused-ring (bicyclic) bond motifs is 1. The SMILES string of the molecule is CN(Cc1cccc(OC(F)(F)F)c1)c1ccc2nnnn2n1. The third-order valence-electron chi connectivity index (χ3n) is 3.00. The lowest BCUT2D eigenvalue weighted by Crippen LogP contribution is -2.20. The zero-order valence-corrected chi connectivity index (χ0v) is 11.9. The molecule has 1 aromatic carbocycles. The fraction of sp³-hybridized carbons (Fsp3) is 0.231. The van der Waals surface area contributed by atoms with Crippen molar-refractivity contribution in [2.75, 3.05) is 11.9 Å². The Labute approximate surface area is 128 Å². The lowest BCUT2D eigenvalue weighted by Gasteiger charge is -2.18. The second-order valence-electron chi connectivity index (χ2n) is 4.77. The molecule has 10 heteroatoms. The summed E-state index contributed by atoms with van der Waals surface area (Å²) in [5.41, 5.74) is 1.15. The maximum atomic E-state index is 12.3. The Kier molecular flexibility index (Phi) is 3.72. The van der Waals surface area contributed by atoms with Gasteiger partial charge in [-0.05, 0) is 40.3 Å². The Morgan fingerprint density at radius 1 is 1.22 bits per heavy atom. The second-order valence-corrected chi connectivity index (χ2v) is 4.77. The molecule has 0 aliphatic rings. The molecule has 2 heterocycles. The summed E-state index contributed by atoms with van der Waals surface area (Å²) in [4.78, 5) is 1.76. The maximum absolute atomic E-state index is 12.3. The van der Waals surface area contributed by atoms with E-state index in [1.165, 1.54) is 22.8 Å². The van der Waals surface area contributed by atoms with E-state index in [1.54, 1.807) is 30.1 Å². The first kappa shape index (κ1) is 15.0. The van der Waals surface area contributed by atoms with Crippen LogP contribution >= 0.6 is 0 Å². The van der Waals surface area contributed by atoms with Crippen molar-refractivity contribution in [1.29, 1.82) is 0 Å². The second kappa shape index (κ2) is 5.71. The molecule has 0 N–H and O–H groups in total. The molecule has 0 aliphatic heterocycles. The minimum Gasteiger partial charge on any atom is -0.406 e. The first-order valence-electron chi connectivity index (χ1n) is 6.52. The van der Waals surface area contributed by atoms with Crippen molar-refractivity contribution in [3.8, 4) is 5.75 Å². The van der Waals surface area contributed by atoms with Crippen LogP contribution in [0.2, 0.25) is 0 Å². The highest BCUT2D eigenvalue weighted by atomic mass is 19.4. The van der Waals surface area contributed by atoms with Crippen LogP contribution in [0.4, 0.5) is 19.0 Å². The van der Waals surface area contributed by atoms with Crippen molar-refractivity contribution < 1.29 is 17.9 Å².